The zero-order valence-corrected chi connectivity index (χ0v) is 19.3. The molecular formula is C26H21ClN4O3. The monoisotopic (exact) mass is 472 g/mol. The molecule has 0 saturated carbocycles. The first-order valence-corrected chi connectivity index (χ1v) is 11.2. The van der Waals surface area contributed by atoms with Crippen molar-refractivity contribution in [3.63, 3.8) is 0 Å². The maximum absolute atomic E-state index is 6.61. The molecule has 2 aliphatic heterocycles. The SMILES string of the molecule is COc1ccc([C@H]2C3=C(Nc4ncnn42)c2ccccc2O[C@@H]3c2cccc(Cl)c2)cc1OC. The molecule has 7 nitrogen and oxygen atoms in total. The Morgan fingerprint density at radius 1 is 0.941 bits per heavy atom. The summed E-state index contributed by atoms with van der Waals surface area (Å²) in [6.07, 6.45) is 1.15. The van der Waals surface area contributed by atoms with Gasteiger partial charge in [-0.05, 0) is 47.5 Å². The van der Waals surface area contributed by atoms with E-state index in [1.54, 1.807) is 20.5 Å². The number of hydrogen-bond acceptors (Lipinski definition) is 6. The molecule has 0 saturated heterocycles. The number of nitrogens with zero attached hydrogens (tertiary/aromatic N) is 3. The van der Waals surface area contributed by atoms with Gasteiger partial charge in [-0.1, -0.05) is 41.9 Å². The van der Waals surface area contributed by atoms with Crippen LogP contribution in [0.4, 0.5) is 5.95 Å². The second-order valence-electron chi connectivity index (χ2n) is 8.05. The maximum Gasteiger partial charge on any atom is 0.226 e. The van der Waals surface area contributed by atoms with E-state index >= 15 is 0 Å². The molecule has 2 aliphatic rings. The second kappa shape index (κ2) is 8.11. The fourth-order valence-corrected chi connectivity index (χ4v) is 4.90. The van der Waals surface area contributed by atoms with Crippen molar-refractivity contribution in [3.05, 3.63) is 100 Å². The molecule has 3 heterocycles. The van der Waals surface area contributed by atoms with Gasteiger partial charge < -0.3 is 19.5 Å². The van der Waals surface area contributed by atoms with Crippen LogP contribution in [0, 0.1) is 0 Å². The van der Waals surface area contributed by atoms with E-state index in [0.717, 1.165) is 33.7 Å². The van der Waals surface area contributed by atoms with E-state index < -0.39 is 6.10 Å². The largest absolute Gasteiger partial charge is 0.493 e. The lowest BCUT2D eigenvalue weighted by molar-refractivity contribution is 0.223. The van der Waals surface area contributed by atoms with E-state index in [9.17, 15) is 0 Å². The number of methoxy groups -OCH3 is 2. The molecule has 0 amide bonds. The van der Waals surface area contributed by atoms with Crippen LogP contribution in [0.2, 0.25) is 5.02 Å². The molecule has 0 radical (unpaired) electrons. The van der Waals surface area contributed by atoms with Gasteiger partial charge in [0, 0.05) is 16.2 Å². The highest BCUT2D eigenvalue weighted by Gasteiger charge is 2.41. The molecule has 8 heteroatoms. The van der Waals surface area contributed by atoms with E-state index in [4.69, 9.17) is 25.8 Å². The number of fused-ring (bicyclic) bond motifs is 3. The molecule has 170 valence electrons. The molecule has 2 atom stereocenters. The number of para-hydroxylation sites is 1. The van der Waals surface area contributed by atoms with E-state index in [2.05, 4.69) is 15.4 Å². The zero-order chi connectivity index (χ0) is 23.2. The van der Waals surface area contributed by atoms with Crippen LogP contribution in [0.3, 0.4) is 0 Å². The van der Waals surface area contributed by atoms with Crippen molar-refractivity contribution in [1.29, 1.82) is 0 Å². The Morgan fingerprint density at radius 2 is 1.79 bits per heavy atom. The Kier molecular flexibility index (Phi) is 4.92. The average Bonchev–Trinajstić information content (AvgIpc) is 3.35. The predicted molar refractivity (Wildman–Crippen MR) is 130 cm³/mol. The fourth-order valence-electron chi connectivity index (χ4n) is 4.71. The summed E-state index contributed by atoms with van der Waals surface area (Å²) in [5.41, 5.74) is 4.84. The van der Waals surface area contributed by atoms with Crippen LogP contribution in [0.25, 0.3) is 5.70 Å². The standard InChI is InChI=1S/C26H21ClN4O3/c1-32-20-11-10-15(13-21(20)33-2)24-22-23(30-26-28-14-29-31(24)26)18-8-3-4-9-19(18)34-25(22)16-6-5-7-17(27)12-16/h3-14,24-25H,1-2H3,(H,28,29,30)/t24-,25+/m0/s1. The van der Waals surface area contributed by atoms with Gasteiger partial charge in [0.1, 0.15) is 24.2 Å². The number of ether oxygens (including phenoxy) is 3. The number of nitrogens with one attached hydrogen (secondary N) is 1. The summed E-state index contributed by atoms with van der Waals surface area (Å²) in [4.78, 5) is 4.47. The molecule has 0 unspecified atom stereocenters. The van der Waals surface area contributed by atoms with E-state index in [-0.39, 0.29) is 6.04 Å². The van der Waals surface area contributed by atoms with Crippen LogP contribution < -0.4 is 19.5 Å². The Labute approximate surface area is 201 Å². The topological polar surface area (TPSA) is 70.4 Å². The van der Waals surface area contributed by atoms with Crippen LogP contribution in [-0.2, 0) is 0 Å². The zero-order valence-electron chi connectivity index (χ0n) is 18.5. The first kappa shape index (κ1) is 20.6. The lowest BCUT2D eigenvalue weighted by Crippen LogP contribution is -2.32. The number of aromatic nitrogens is 3. The van der Waals surface area contributed by atoms with Gasteiger partial charge in [0.2, 0.25) is 5.95 Å². The number of benzene rings is 3. The van der Waals surface area contributed by atoms with E-state index in [0.29, 0.717) is 22.5 Å². The Morgan fingerprint density at radius 3 is 2.62 bits per heavy atom. The van der Waals surface area contributed by atoms with Gasteiger partial charge in [-0.25, -0.2) is 4.68 Å². The minimum Gasteiger partial charge on any atom is -0.493 e. The third kappa shape index (κ3) is 3.20. The molecular weight excluding hydrogens is 452 g/mol. The summed E-state index contributed by atoms with van der Waals surface area (Å²) in [5.74, 6) is 2.74. The molecule has 4 aromatic rings. The molecule has 6 rings (SSSR count). The normalized spacial score (nSPS) is 18.2. The molecule has 0 spiro atoms. The van der Waals surface area contributed by atoms with Crippen LogP contribution in [0.5, 0.6) is 17.2 Å². The Bertz CT molecular complexity index is 1430. The number of anilines is 1. The summed E-state index contributed by atoms with van der Waals surface area (Å²) in [5, 5.41) is 8.71. The van der Waals surface area contributed by atoms with Crippen molar-refractivity contribution >= 4 is 23.2 Å². The lowest BCUT2D eigenvalue weighted by atomic mass is 9.84. The maximum atomic E-state index is 6.61. The van der Waals surface area contributed by atoms with E-state index in [1.807, 2.05) is 71.4 Å². The van der Waals surface area contributed by atoms with Gasteiger partial charge >= 0.3 is 0 Å². The number of halogens is 1. The van der Waals surface area contributed by atoms with Gasteiger partial charge in [0.05, 0.1) is 19.9 Å². The number of rotatable bonds is 4. The Balaban J connectivity index is 1.62. The lowest BCUT2D eigenvalue weighted by Gasteiger charge is -2.39. The van der Waals surface area contributed by atoms with Gasteiger partial charge in [0.15, 0.2) is 11.5 Å². The van der Waals surface area contributed by atoms with Crippen LogP contribution >= 0.6 is 11.6 Å². The summed E-state index contributed by atoms with van der Waals surface area (Å²) >= 11 is 6.38. The van der Waals surface area contributed by atoms with Crippen molar-refractivity contribution in [2.75, 3.05) is 19.5 Å². The van der Waals surface area contributed by atoms with Crippen molar-refractivity contribution in [2.45, 2.75) is 12.1 Å². The van der Waals surface area contributed by atoms with Crippen LogP contribution in [0.15, 0.2) is 78.6 Å². The highest BCUT2D eigenvalue weighted by Crippen LogP contribution is 2.51. The van der Waals surface area contributed by atoms with Crippen LogP contribution in [-0.4, -0.2) is 29.0 Å². The average molecular weight is 473 g/mol. The van der Waals surface area contributed by atoms with Gasteiger partial charge in [-0.15, -0.1) is 0 Å². The molecule has 1 N–H and O–H groups in total. The number of hydrogen-bond donors (Lipinski definition) is 1. The van der Waals surface area contributed by atoms with Crippen molar-refractivity contribution < 1.29 is 14.2 Å². The summed E-state index contributed by atoms with van der Waals surface area (Å²) in [7, 11) is 3.25. The van der Waals surface area contributed by atoms with Gasteiger partial charge in [0.25, 0.3) is 0 Å². The third-order valence-electron chi connectivity index (χ3n) is 6.20. The van der Waals surface area contributed by atoms with Crippen molar-refractivity contribution in [2.24, 2.45) is 0 Å². The summed E-state index contributed by atoms with van der Waals surface area (Å²) < 4.78 is 19.6. The molecule has 3 aromatic carbocycles. The van der Waals surface area contributed by atoms with Crippen molar-refractivity contribution in [1.82, 2.24) is 14.8 Å². The molecule has 0 aliphatic carbocycles. The van der Waals surface area contributed by atoms with Crippen molar-refractivity contribution in [3.8, 4) is 17.2 Å². The minimum absolute atomic E-state index is 0.300. The molecule has 0 fully saturated rings. The predicted octanol–water partition coefficient (Wildman–Crippen LogP) is 5.51. The first-order chi connectivity index (χ1) is 16.7. The first-order valence-electron chi connectivity index (χ1n) is 10.8. The second-order valence-corrected chi connectivity index (χ2v) is 8.49. The quantitative estimate of drug-likeness (QED) is 0.422. The molecule has 34 heavy (non-hydrogen) atoms. The minimum atomic E-state index is -0.397. The van der Waals surface area contributed by atoms with Gasteiger partial charge in [-0.2, -0.15) is 10.1 Å². The smallest absolute Gasteiger partial charge is 0.226 e. The highest BCUT2D eigenvalue weighted by molar-refractivity contribution is 6.30. The summed E-state index contributed by atoms with van der Waals surface area (Å²) in [6.45, 7) is 0. The molecule has 1 aromatic heterocycles. The van der Waals surface area contributed by atoms with Crippen LogP contribution in [0.1, 0.15) is 28.8 Å². The third-order valence-corrected chi connectivity index (χ3v) is 6.43. The fraction of sp³-hybridized carbons (Fsp3) is 0.154. The summed E-state index contributed by atoms with van der Waals surface area (Å²) in [6, 6.07) is 21.3. The van der Waals surface area contributed by atoms with Gasteiger partial charge in [-0.3, -0.25) is 0 Å². The highest BCUT2D eigenvalue weighted by atomic mass is 35.5. The molecule has 0 bridgehead atoms. The Hall–Kier alpha value is -3.97. The van der Waals surface area contributed by atoms with E-state index in [1.165, 1.54) is 0 Å².